The third-order valence-electron chi connectivity index (χ3n) is 6.04. The Balaban J connectivity index is 1.49. The second kappa shape index (κ2) is 10.7. The maximum absolute atomic E-state index is 13.2. The fourth-order valence-electron chi connectivity index (χ4n) is 4.48. The van der Waals surface area contributed by atoms with E-state index in [1.807, 2.05) is 63.2 Å². The monoisotopic (exact) mass is 507 g/mol. The number of fused-ring (bicyclic) bond motifs is 1. The molecule has 3 aromatic rings. The topological polar surface area (TPSA) is 105 Å². The Morgan fingerprint density at radius 1 is 1.14 bits per heavy atom. The van der Waals surface area contributed by atoms with Gasteiger partial charge in [-0.05, 0) is 56.9 Å². The van der Waals surface area contributed by atoms with Crippen LogP contribution in [0.1, 0.15) is 52.7 Å². The largest absolute Gasteiger partial charge is 0.508 e. The molecule has 1 aliphatic rings. The quantitative estimate of drug-likeness (QED) is 0.398. The van der Waals surface area contributed by atoms with Crippen LogP contribution in [0.2, 0.25) is 0 Å². The SMILES string of the molecule is CC(C)(C)OC(=O)NC(Cc1ccc(O)cc1)CN1CCc2c(sc(N)c2C(=O)c2ccccc2)C1. The first-order chi connectivity index (χ1) is 17.1. The smallest absolute Gasteiger partial charge is 0.407 e. The molecule has 2 heterocycles. The number of alkyl carbamates (subject to hydrolysis) is 1. The Morgan fingerprint density at radius 2 is 1.83 bits per heavy atom. The summed E-state index contributed by atoms with van der Waals surface area (Å²) >= 11 is 1.47. The maximum atomic E-state index is 13.2. The second-order valence-corrected chi connectivity index (χ2v) is 11.3. The highest BCUT2D eigenvalue weighted by molar-refractivity contribution is 7.16. The van der Waals surface area contributed by atoms with E-state index < -0.39 is 11.7 Å². The average molecular weight is 508 g/mol. The second-order valence-electron chi connectivity index (χ2n) is 10.1. The van der Waals surface area contributed by atoms with Crippen molar-refractivity contribution in [3.8, 4) is 5.75 Å². The van der Waals surface area contributed by atoms with E-state index in [4.69, 9.17) is 10.5 Å². The number of amides is 1. The number of thiophene rings is 1. The van der Waals surface area contributed by atoms with E-state index in [1.165, 1.54) is 11.3 Å². The van der Waals surface area contributed by atoms with Crippen molar-refractivity contribution in [3.63, 3.8) is 0 Å². The van der Waals surface area contributed by atoms with Crippen LogP contribution < -0.4 is 11.1 Å². The molecule has 1 aliphatic heterocycles. The van der Waals surface area contributed by atoms with Crippen molar-refractivity contribution < 1.29 is 19.4 Å². The van der Waals surface area contributed by atoms with Gasteiger partial charge >= 0.3 is 6.09 Å². The van der Waals surface area contributed by atoms with Crippen LogP contribution in [-0.2, 0) is 24.1 Å². The van der Waals surface area contributed by atoms with Gasteiger partial charge in [-0.1, -0.05) is 42.5 Å². The van der Waals surface area contributed by atoms with Gasteiger partial charge in [0.05, 0.1) is 10.6 Å². The molecule has 190 valence electrons. The summed E-state index contributed by atoms with van der Waals surface area (Å²) in [6.07, 6.45) is 0.850. The highest BCUT2D eigenvalue weighted by Crippen LogP contribution is 2.36. The van der Waals surface area contributed by atoms with Crippen molar-refractivity contribution in [1.82, 2.24) is 10.2 Å². The number of nitrogens with one attached hydrogen (secondary N) is 1. The van der Waals surface area contributed by atoms with Crippen molar-refractivity contribution in [1.29, 1.82) is 0 Å². The lowest BCUT2D eigenvalue weighted by Crippen LogP contribution is -2.47. The molecule has 1 atom stereocenters. The number of carbonyl (C=O) groups excluding carboxylic acids is 2. The molecule has 8 heteroatoms. The molecule has 1 aromatic heterocycles. The van der Waals surface area contributed by atoms with Gasteiger partial charge in [-0.15, -0.1) is 11.3 Å². The van der Waals surface area contributed by atoms with Crippen LogP contribution in [0.3, 0.4) is 0 Å². The molecule has 36 heavy (non-hydrogen) atoms. The Labute approximate surface area is 215 Å². The van der Waals surface area contributed by atoms with E-state index in [2.05, 4.69) is 10.2 Å². The molecule has 7 nitrogen and oxygen atoms in total. The van der Waals surface area contributed by atoms with Crippen molar-refractivity contribution in [2.24, 2.45) is 0 Å². The molecule has 0 saturated heterocycles. The van der Waals surface area contributed by atoms with Gasteiger partial charge in [-0.2, -0.15) is 0 Å². The summed E-state index contributed by atoms with van der Waals surface area (Å²) in [6.45, 7) is 7.53. The molecule has 4 N–H and O–H groups in total. The Morgan fingerprint density at radius 3 is 2.50 bits per heavy atom. The maximum Gasteiger partial charge on any atom is 0.407 e. The van der Waals surface area contributed by atoms with E-state index >= 15 is 0 Å². The number of phenols is 1. The number of nitrogen functional groups attached to an aromatic ring is 1. The van der Waals surface area contributed by atoms with Gasteiger partial charge in [-0.25, -0.2) is 4.79 Å². The number of rotatable bonds is 7. The van der Waals surface area contributed by atoms with Gasteiger partial charge in [0.25, 0.3) is 0 Å². The van der Waals surface area contributed by atoms with Gasteiger partial charge in [0.15, 0.2) is 5.78 Å². The minimum atomic E-state index is -0.594. The predicted octanol–water partition coefficient (Wildman–Crippen LogP) is 4.76. The van der Waals surface area contributed by atoms with Gasteiger partial charge in [-0.3, -0.25) is 9.69 Å². The number of hydrogen-bond acceptors (Lipinski definition) is 7. The molecule has 1 unspecified atom stereocenters. The molecule has 0 spiro atoms. The molecule has 0 bridgehead atoms. The summed E-state index contributed by atoms with van der Waals surface area (Å²) in [6, 6.07) is 16.0. The highest BCUT2D eigenvalue weighted by atomic mass is 32.1. The molecule has 0 saturated carbocycles. The first-order valence-electron chi connectivity index (χ1n) is 12.1. The normalized spacial score (nSPS) is 14.6. The third kappa shape index (κ3) is 6.44. The Hall–Kier alpha value is -3.36. The van der Waals surface area contributed by atoms with Gasteiger partial charge in [0, 0.05) is 36.1 Å². The van der Waals surface area contributed by atoms with E-state index in [9.17, 15) is 14.7 Å². The summed E-state index contributed by atoms with van der Waals surface area (Å²) in [7, 11) is 0. The number of ether oxygens (including phenoxy) is 1. The zero-order valence-electron chi connectivity index (χ0n) is 20.9. The van der Waals surface area contributed by atoms with Gasteiger partial charge < -0.3 is 20.9 Å². The number of hydrogen-bond donors (Lipinski definition) is 3. The summed E-state index contributed by atoms with van der Waals surface area (Å²) < 4.78 is 5.50. The van der Waals surface area contributed by atoms with E-state index in [1.54, 1.807) is 12.1 Å². The Kier molecular flexibility index (Phi) is 7.66. The van der Waals surface area contributed by atoms with E-state index in [-0.39, 0.29) is 17.6 Å². The molecule has 0 fully saturated rings. The van der Waals surface area contributed by atoms with E-state index in [0.29, 0.717) is 35.6 Å². The van der Waals surface area contributed by atoms with Crippen LogP contribution in [0.4, 0.5) is 9.80 Å². The summed E-state index contributed by atoms with van der Waals surface area (Å²) in [4.78, 5) is 29.1. The van der Waals surface area contributed by atoms with Crippen LogP contribution in [0, 0.1) is 0 Å². The molecule has 1 amide bonds. The number of aromatic hydroxyl groups is 1. The zero-order valence-corrected chi connectivity index (χ0v) is 21.7. The summed E-state index contributed by atoms with van der Waals surface area (Å²) in [5.74, 6) is 0.172. The zero-order chi connectivity index (χ0) is 25.9. The molecule has 0 aliphatic carbocycles. The third-order valence-corrected chi connectivity index (χ3v) is 7.09. The summed E-state index contributed by atoms with van der Waals surface area (Å²) in [5, 5.41) is 13.2. The lowest BCUT2D eigenvalue weighted by atomic mass is 9.96. The Bertz CT molecular complexity index is 1220. The lowest BCUT2D eigenvalue weighted by Gasteiger charge is -2.31. The van der Waals surface area contributed by atoms with Crippen LogP contribution in [0.25, 0.3) is 0 Å². The first kappa shape index (κ1) is 25.7. The van der Waals surface area contributed by atoms with Gasteiger partial charge in [0.2, 0.25) is 0 Å². The van der Waals surface area contributed by atoms with Crippen molar-refractivity contribution >= 4 is 28.2 Å². The van der Waals surface area contributed by atoms with E-state index in [0.717, 1.165) is 29.0 Å². The van der Waals surface area contributed by atoms with Crippen LogP contribution in [-0.4, -0.2) is 46.6 Å². The number of benzene rings is 2. The molecular weight excluding hydrogens is 474 g/mol. The average Bonchev–Trinajstić information content (AvgIpc) is 3.14. The standard InChI is InChI=1S/C28H33N3O4S/c1-28(2,3)35-27(34)30-20(15-18-9-11-21(32)12-10-18)16-31-14-13-22-23(17-31)36-26(29)24(22)25(33)19-7-5-4-6-8-19/h4-12,20,32H,13-17,29H2,1-3H3,(H,30,34). The number of ketones is 1. The predicted molar refractivity (Wildman–Crippen MR) is 143 cm³/mol. The van der Waals surface area contributed by atoms with Crippen LogP contribution >= 0.6 is 11.3 Å². The van der Waals surface area contributed by atoms with Gasteiger partial charge in [0.1, 0.15) is 11.4 Å². The van der Waals surface area contributed by atoms with Crippen LogP contribution in [0.5, 0.6) is 5.75 Å². The number of nitrogens with zero attached hydrogens (tertiary/aromatic N) is 1. The van der Waals surface area contributed by atoms with Crippen LogP contribution in [0.15, 0.2) is 54.6 Å². The number of anilines is 1. The first-order valence-corrected chi connectivity index (χ1v) is 12.9. The number of nitrogens with two attached hydrogens (primary N) is 1. The number of carbonyl (C=O) groups is 2. The van der Waals surface area contributed by atoms with Crippen molar-refractivity contribution in [3.05, 3.63) is 81.7 Å². The minimum Gasteiger partial charge on any atom is -0.508 e. The van der Waals surface area contributed by atoms with Crippen molar-refractivity contribution in [2.75, 3.05) is 18.8 Å². The number of phenolic OH excluding ortho intramolecular Hbond substituents is 1. The highest BCUT2D eigenvalue weighted by Gasteiger charge is 2.29. The molecular formula is C28H33N3O4S. The molecule has 4 rings (SSSR count). The fourth-order valence-corrected chi connectivity index (χ4v) is 5.64. The summed E-state index contributed by atoms with van der Waals surface area (Å²) in [5.41, 5.74) is 9.05. The fraction of sp³-hybridized carbons (Fsp3) is 0.357. The molecule has 2 aromatic carbocycles. The minimum absolute atomic E-state index is 0.0316. The van der Waals surface area contributed by atoms with Crippen molar-refractivity contribution in [2.45, 2.75) is 51.8 Å². The molecule has 0 radical (unpaired) electrons. The lowest BCUT2D eigenvalue weighted by molar-refractivity contribution is 0.0489.